The maximum absolute atomic E-state index is 13.5. The molecule has 6 nitrogen and oxygen atoms in total. The fourth-order valence-corrected chi connectivity index (χ4v) is 1.62. The van der Waals surface area contributed by atoms with E-state index in [0.29, 0.717) is 0 Å². The van der Waals surface area contributed by atoms with Crippen LogP contribution < -0.4 is 5.32 Å². The van der Waals surface area contributed by atoms with Gasteiger partial charge in [0.25, 0.3) is 5.69 Å². The van der Waals surface area contributed by atoms with Gasteiger partial charge in [-0.15, -0.1) is 0 Å². The summed E-state index contributed by atoms with van der Waals surface area (Å²) in [5.74, 6) is -1.34. The molecule has 0 amide bonds. The molecule has 2 rings (SSSR count). The van der Waals surface area contributed by atoms with Crippen molar-refractivity contribution in [3.63, 3.8) is 0 Å². The Morgan fingerprint density at radius 1 is 1.38 bits per heavy atom. The minimum absolute atomic E-state index is 0.0354. The molecular formula is C13H8F2N4O2. The lowest BCUT2D eigenvalue weighted by Crippen LogP contribution is -2.06. The molecule has 0 bridgehead atoms. The smallest absolute Gasteiger partial charge is 0.289 e. The summed E-state index contributed by atoms with van der Waals surface area (Å²) >= 11 is 0. The number of nitriles is 1. The van der Waals surface area contributed by atoms with Gasteiger partial charge in [0.05, 0.1) is 4.92 Å². The van der Waals surface area contributed by atoms with Crippen LogP contribution in [0, 0.1) is 33.1 Å². The van der Waals surface area contributed by atoms with Crippen LogP contribution in [0.1, 0.15) is 11.1 Å². The molecule has 106 valence electrons. The number of nitrogens with zero attached hydrogens (tertiary/aromatic N) is 3. The van der Waals surface area contributed by atoms with Gasteiger partial charge in [0.2, 0.25) is 0 Å². The topological polar surface area (TPSA) is 91.8 Å². The second kappa shape index (κ2) is 5.92. The van der Waals surface area contributed by atoms with Gasteiger partial charge in [0.1, 0.15) is 35.3 Å². The molecule has 0 aliphatic rings. The Labute approximate surface area is 117 Å². The van der Waals surface area contributed by atoms with E-state index < -0.39 is 16.6 Å². The molecule has 0 atom stereocenters. The number of benzene rings is 1. The fraction of sp³-hybridized carbons (Fsp3) is 0.0769. The van der Waals surface area contributed by atoms with Gasteiger partial charge < -0.3 is 5.32 Å². The number of aromatic nitrogens is 1. The van der Waals surface area contributed by atoms with Gasteiger partial charge in [-0.3, -0.25) is 10.1 Å². The highest BCUT2D eigenvalue weighted by molar-refractivity contribution is 5.55. The molecule has 0 fully saturated rings. The first-order chi connectivity index (χ1) is 10.0. The monoisotopic (exact) mass is 290 g/mol. The van der Waals surface area contributed by atoms with E-state index in [1.54, 1.807) is 6.07 Å². The number of nitro groups is 1. The van der Waals surface area contributed by atoms with E-state index in [9.17, 15) is 18.9 Å². The molecule has 1 heterocycles. The van der Waals surface area contributed by atoms with Crippen LogP contribution in [0.4, 0.5) is 20.3 Å². The average Bonchev–Trinajstić information content (AvgIpc) is 2.46. The number of rotatable bonds is 4. The molecule has 8 heteroatoms. The van der Waals surface area contributed by atoms with Gasteiger partial charge in [0, 0.05) is 24.2 Å². The third kappa shape index (κ3) is 3.27. The van der Waals surface area contributed by atoms with Crippen molar-refractivity contribution < 1.29 is 13.7 Å². The molecule has 0 radical (unpaired) electrons. The largest absolute Gasteiger partial charge is 0.365 e. The Morgan fingerprint density at radius 2 is 2.14 bits per heavy atom. The molecule has 0 spiro atoms. The second-order valence-corrected chi connectivity index (χ2v) is 4.05. The fourth-order valence-electron chi connectivity index (χ4n) is 1.62. The Balaban J connectivity index is 2.20. The number of halogens is 2. The molecule has 0 unspecified atom stereocenters. The Kier molecular flexibility index (Phi) is 4.04. The SMILES string of the molecule is N#Cc1cc([N+](=O)[O-])cnc1NCc1ccc(F)cc1F. The van der Waals surface area contributed by atoms with Crippen molar-refractivity contribution in [1.29, 1.82) is 5.26 Å². The predicted octanol–water partition coefficient (Wildman–Crippen LogP) is 2.75. The van der Waals surface area contributed by atoms with E-state index in [-0.39, 0.29) is 29.2 Å². The van der Waals surface area contributed by atoms with Crippen LogP contribution in [0.3, 0.4) is 0 Å². The quantitative estimate of drug-likeness (QED) is 0.690. The number of pyridine rings is 1. The van der Waals surface area contributed by atoms with E-state index in [2.05, 4.69) is 10.3 Å². The Hall–Kier alpha value is -3.08. The summed E-state index contributed by atoms with van der Waals surface area (Å²) in [5, 5.41) is 22.2. The lowest BCUT2D eigenvalue weighted by molar-refractivity contribution is -0.385. The third-order valence-electron chi connectivity index (χ3n) is 2.67. The standard InChI is InChI=1S/C13H8F2N4O2/c14-10-2-1-8(12(15)4-10)6-17-13-9(5-16)3-11(7-18-13)19(20)21/h1-4,7H,6H2,(H,17,18). The molecule has 0 aliphatic heterocycles. The molecule has 0 saturated carbocycles. The summed E-state index contributed by atoms with van der Waals surface area (Å²) in [4.78, 5) is 13.7. The lowest BCUT2D eigenvalue weighted by atomic mass is 10.2. The summed E-state index contributed by atoms with van der Waals surface area (Å²) in [6.07, 6.45) is 0.990. The van der Waals surface area contributed by atoms with E-state index in [0.717, 1.165) is 24.4 Å². The highest BCUT2D eigenvalue weighted by Crippen LogP contribution is 2.19. The van der Waals surface area contributed by atoms with Crippen LogP contribution in [0.2, 0.25) is 0 Å². The number of anilines is 1. The van der Waals surface area contributed by atoms with E-state index in [1.165, 1.54) is 6.07 Å². The highest BCUT2D eigenvalue weighted by atomic mass is 19.1. The first-order valence-electron chi connectivity index (χ1n) is 5.73. The summed E-state index contributed by atoms with van der Waals surface area (Å²) < 4.78 is 26.2. The minimum Gasteiger partial charge on any atom is -0.365 e. The summed E-state index contributed by atoms with van der Waals surface area (Å²) in [7, 11) is 0. The molecule has 21 heavy (non-hydrogen) atoms. The average molecular weight is 290 g/mol. The lowest BCUT2D eigenvalue weighted by Gasteiger charge is -2.08. The summed E-state index contributed by atoms with van der Waals surface area (Å²) in [6, 6.07) is 5.94. The molecule has 0 aliphatic carbocycles. The van der Waals surface area contributed by atoms with E-state index >= 15 is 0 Å². The molecule has 1 N–H and O–H groups in total. The Morgan fingerprint density at radius 3 is 2.76 bits per heavy atom. The Bertz CT molecular complexity index is 743. The molecule has 0 saturated heterocycles. The first kappa shape index (κ1) is 14.3. The minimum atomic E-state index is -0.733. The summed E-state index contributed by atoms with van der Waals surface area (Å²) in [6.45, 7) is -0.0361. The van der Waals surface area contributed by atoms with Crippen LogP contribution in [-0.4, -0.2) is 9.91 Å². The molecule has 2 aromatic rings. The van der Waals surface area contributed by atoms with Crippen molar-refractivity contribution in [2.24, 2.45) is 0 Å². The maximum atomic E-state index is 13.5. The van der Waals surface area contributed by atoms with Gasteiger partial charge in [0.15, 0.2) is 0 Å². The van der Waals surface area contributed by atoms with Gasteiger partial charge in [-0.05, 0) is 6.07 Å². The zero-order chi connectivity index (χ0) is 15.4. The van der Waals surface area contributed by atoms with Crippen molar-refractivity contribution in [2.75, 3.05) is 5.32 Å². The van der Waals surface area contributed by atoms with Gasteiger partial charge in [-0.25, -0.2) is 13.8 Å². The second-order valence-electron chi connectivity index (χ2n) is 4.05. The highest BCUT2D eigenvalue weighted by Gasteiger charge is 2.12. The molecular weight excluding hydrogens is 282 g/mol. The van der Waals surface area contributed by atoms with Gasteiger partial charge >= 0.3 is 0 Å². The summed E-state index contributed by atoms with van der Waals surface area (Å²) in [5.41, 5.74) is -0.169. The van der Waals surface area contributed by atoms with Crippen molar-refractivity contribution in [1.82, 2.24) is 4.98 Å². The van der Waals surface area contributed by atoms with Crippen LogP contribution in [0.25, 0.3) is 0 Å². The third-order valence-corrected chi connectivity index (χ3v) is 2.67. The number of hydrogen-bond acceptors (Lipinski definition) is 5. The first-order valence-corrected chi connectivity index (χ1v) is 5.73. The van der Waals surface area contributed by atoms with E-state index in [4.69, 9.17) is 5.26 Å². The van der Waals surface area contributed by atoms with Crippen molar-refractivity contribution in [3.8, 4) is 6.07 Å². The molecule has 1 aromatic carbocycles. The predicted molar refractivity (Wildman–Crippen MR) is 69.3 cm³/mol. The van der Waals surface area contributed by atoms with Crippen LogP contribution in [0.15, 0.2) is 30.5 Å². The van der Waals surface area contributed by atoms with Crippen LogP contribution in [0.5, 0.6) is 0 Å². The van der Waals surface area contributed by atoms with Gasteiger partial charge in [-0.1, -0.05) is 6.07 Å². The van der Waals surface area contributed by atoms with Crippen LogP contribution in [-0.2, 0) is 6.54 Å². The zero-order valence-electron chi connectivity index (χ0n) is 10.5. The zero-order valence-corrected chi connectivity index (χ0v) is 10.5. The van der Waals surface area contributed by atoms with Crippen molar-refractivity contribution in [2.45, 2.75) is 6.54 Å². The van der Waals surface area contributed by atoms with E-state index in [1.807, 2.05) is 0 Å². The normalized spacial score (nSPS) is 9.95. The number of nitrogens with one attached hydrogen (secondary N) is 1. The number of hydrogen-bond donors (Lipinski definition) is 1. The van der Waals surface area contributed by atoms with Gasteiger partial charge in [-0.2, -0.15) is 5.26 Å². The van der Waals surface area contributed by atoms with Crippen LogP contribution >= 0.6 is 0 Å². The maximum Gasteiger partial charge on any atom is 0.289 e. The van der Waals surface area contributed by atoms with Crippen molar-refractivity contribution >= 4 is 11.5 Å². The van der Waals surface area contributed by atoms with Crippen molar-refractivity contribution in [3.05, 3.63) is 63.3 Å². The molecule has 1 aromatic heterocycles.